The number of nitrogens with two attached hydrogens (primary N) is 2. The lowest BCUT2D eigenvalue weighted by molar-refractivity contribution is 0.340. The lowest BCUT2D eigenvalue weighted by atomic mass is 10.1. The standard InChI is InChI=1S/C34H42N6O4P2S2/c1-4-41-31-13-9-29(10-14-31)25-37-39(2)45(47)42-32-15-11-30(12-16-32)26-38-40(3)46(48,43-33-17-5-27(6-18-33)21-23-35)44-34-19-7-28(8-20-34)22-24-36/h5-20,25-26,45H,4,21-24,35-36H2,1-3H3/b37-25+,38-26+. The van der Waals surface area contributed by atoms with Crippen LogP contribution in [0.2, 0.25) is 0 Å². The molecule has 1 unspecified atom stereocenters. The van der Waals surface area contributed by atoms with Gasteiger partial charge >= 0.3 is 6.64 Å². The Labute approximate surface area is 294 Å². The van der Waals surface area contributed by atoms with Crippen LogP contribution in [0.5, 0.6) is 23.0 Å². The minimum absolute atomic E-state index is 0.568. The van der Waals surface area contributed by atoms with E-state index in [1.54, 1.807) is 36.1 Å². The summed E-state index contributed by atoms with van der Waals surface area (Å²) in [5.41, 5.74) is 15.4. The molecule has 48 heavy (non-hydrogen) atoms. The van der Waals surface area contributed by atoms with Crippen LogP contribution in [0.1, 0.15) is 29.2 Å². The molecule has 0 fully saturated rings. The van der Waals surface area contributed by atoms with Crippen molar-refractivity contribution in [3.63, 3.8) is 0 Å². The van der Waals surface area contributed by atoms with Gasteiger partial charge in [-0.05, 0) is 140 Å². The van der Waals surface area contributed by atoms with Crippen LogP contribution in [0.25, 0.3) is 0 Å². The Bertz CT molecular complexity index is 1650. The quantitative estimate of drug-likeness (QED) is 0.0661. The Morgan fingerprint density at radius 2 is 1.12 bits per heavy atom. The van der Waals surface area contributed by atoms with Crippen LogP contribution in [0.4, 0.5) is 0 Å². The zero-order valence-corrected chi connectivity index (χ0v) is 30.8. The van der Waals surface area contributed by atoms with Crippen LogP contribution < -0.4 is 29.8 Å². The van der Waals surface area contributed by atoms with Crippen molar-refractivity contribution >= 4 is 49.8 Å². The monoisotopic (exact) mass is 724 g/mol. The van der Waals surface area contributed by atoms with Gasteiger partial charge in [-0.1, -0.05) is 24.3 Å². The first kappa shape index (κ1) is 37.1. The maximum absolute atomic E-state index is 6.33. The molecule has 0 heterocycles. The highest BCUT2D eigenvalue weighted by atomic mass is 32.5. The minimum atomic E-state index is -3.17. The van der Waals surface area contributed by atoms with Gasteiger partial charge in [0.05, 0.1) is 19.0 Å². The van der Waals surface area contributed by atoms with Gasteiger partial charge in [-0.3, -0.25) is 0 Å². The summed E-state index contributed by atoms with van der Waals surface area (Å²) < 4.78 is 27.4. The van der Waals surface area contributed by atoms with E-state index in [4.69, 9.17) is 53.4 Å². The largest absolute Gasteiger partial charge is 0.494 e. The van der Waals surface area contributed by atoms with E-state index in [9.17, 15) is 0 Å². The number of hydrogen-bond acceptors (Lipinski definition) is 10. The van der Waals surface area contributed by atoms with Gasteiger partial charge in [0, 0.05) is 25.9 Å². The third-order valence-electron chi connectivity index (χ3n) is 6.80. The lowest BCUT2D eigenvalue weighted by Crippen LogP contribution is -2.17. The van der Waals surface area contributed by atoms with E-state index in [-0.39, 0.29) is 0 Å². The van der Waals surface area contributed by atoms with Gasteiger partial charge in [-0.15, -0.1) is 0 Å². The van der Waals surface area contributed by atoms with Gasteiger partial charge in [0.2, 0.25) is 7.07 Å². The van der Waals surface area contributed by atoms with Crippen LogP contribution in [0.3, 0.4) is 0 Å². The molecule has 0 spiro atoms. The topological polar surface area (TPSA) is 120 Å². The number of rotatable bonds is 18. The van der Waals surface area contributed by atoms with Crippen molar-refractivity contribution in [1.82, 2.24) is 9.56 Å². The van der Waals surface area contributed by atoms with E-state index in [1.807, 2.05) is 104 Å². The molecule has 14 heteroatoms. The molecule has 0 saturated heterocycles. The van der Waals surface area contributed by atoms with Crippen molar-refractivity contribution in [1.29, 1.82) is 0 Å². The molecular formula is C34H42N6O4P2S2. The van der Waals surface area contributed by atoms with Crippen molar-refractivity contribution in [2.24, 2.45) is 21.7 Å². The average molecular weight is 725 g/mol. The van der Waals surface area contributed by atoms with E-state index in [1.165, 1.54) is 0 Å². The van der Waals surface area contributed by atoms with Crippen LogP contribution in [-0.4, -0.2) is 55.8 Å². The summed E-state index contributed by atoms with van der Waals surface area (Å²) in [6.07, 6.45) is 4.99. The van der Waals surface area contributed by atoms with Gasteiger partial charge in [-0.2, -0.15) is 10.2 Å². The number of nitrogens with zero attached hydrogens (tertiary/aromatic N) is 4. The predicted octanol–water partition coefficient (Wildman–Crippen LogP) is 6.59. The van der Waals surface area contributed by atoms with Crippen molar-refractivity contribution in [3.05, 3.63) is 119 Å². The molecule has 0 bridgehead atoms. The van der Waals surface area contributed by atoms with Crippen LogP contribution in [0.15, 0.2) is 107 Å². The van der Waals surface area contributed by atoms with Crippen molar-refractivity contribution < 1.29 is 18.3 Å². The van der Waals surface area contributed by atoms with Crippen LogP contribution in [0, 0.1) is 0 Å². The predicted molar refractivity (Wildman–Crippen MR) is 205 cm³/mol. The minimum Gasteiger partial charge on any atom is -0.494 e. The third-order valence-corrected chi connectivity index (χ3v) is 11.8. The highest BCUT2D eigenvalue weighted by molar-refractivity contribution is 8.09. The summed E-state index contributed by atoms with van der Waals surface area (Å²) in [7, 11) is 1.72. The molecule has 4 N–H and O–H groups in total. The fourth-order valence-electron chi connectivity index (χ4n) is 4.19. The second-order valence-electron chi connectivity index (χ2n) is 10.5. The Morgan fingerprint density at radius 3 is 1.58 bits per heavy atom. The van der Waals surface area contributed by atoms with E-state index in [2.05, 4.69) is 10.2 Å². The smallest absolute Gasteiger partial charge is 0.410 e. The number of hydrazone groups is 2. The summed E-state index contributed by atoms with van der Waals surface area (Å²) in [4.78, 5) is 0. The fraction of sp³-hybridized carbons (Fsp3) is 0.235. The Kier molecular flexibility index (Phi) is 14.4. The zero-order valence-electron chi connectivity index (χ0n) is 27.3. The molecule has 0 aromatic heterocycles. The molecule has 254 valence electrons. The van der Waals surface area contributed by atoms with Crippen LogP contribution in [-0.2, 0) is 36.5 Å². The average Bonchev–Trinajstić information content (AvgIpc) is 3.09. The van der Waals surface area contributed by atoms with E-state index < -0.39 is 13.7 Å². The molecule has 0 amide bonds. The molecule has 0 aliphatic heterocycles. The van der Waals surface area contributed by atoms with Gasteiger partial charge < -0.3 is 29.8 Å². The van der Waals surface area contributed by atoms with Crippen molar-refractivity contribution in [2.75, 3.05) is 33.8 Å². The summed E-state index contributed by atoms with van der Waals surface area (Å²) in [5, 5.41) is 9.08. The normalized spacial score (nSPS) is 12.2. The Morgan fingerprint density at radius 1 is 0.688 bits per heavy atom. The molecule has 0 radical (unpaired) electrons. The van der Waals surface area contributed by atoms with Crippen molar-refractivity contribution in [2.45, 2.75) is 19.8 Å². The second kappa shape index (κ2) is 18.7. The van der Waals surface area contributed by atoms with E-state index in [0.29, 0.717) is 36.9 Å². The third kappa shape index (κ3) is 11.4. The molecule has 0 aliphatic rings. The van der Waals surface area contributed by atoms with E-state index >= 15 is 0 Å². The molecule has 4 aromatic rings. The molecule has 4 aromatic carbocycles. The molecule has 0 saturated carbocycles. The maximum Gasteiger partial charge on any atom is 0.410 e. The summed E-state index contributed by atoms with van der Waals surface area (Å²) in [6.45, 7) is 0.545. The second-order valence-corrected chi connectivity index (χ2v) is 16.2. The number of hydrogen-bond donors (Lipinski definition) is 2. The number of ether oxygens (including phenoxy) is 1. The first-order valence-electron chi connectivity index (χ1n) is 15.4. The highest BCUT2D eigenvalue weighted by Gasteiger charge is 2.28. The van der Waals surface area contributed by atoms with Gasteiger partial charge in [-0.25, -0.2) is 9.56 Å². The fourth-order valence-corrected chi connectivity index (χ4v) is 7.11. The summed E-state index contributed by atoms with van der Waals surface area (Å²) >= 11 is 11.6. The van der Waals surface area contributed by atoms with E-state index in [0.717, 1.165) is 40.8 Å². The highest BCUT2D eigenvalue weighted by Crippen LogP contribution is 2.51. The molecule has 1 atom stereocenters. The van der Waals surface area contributed by atoms with Crippen molar-refractivity contribution in [3.8, 4) is 23.0 Å². The maximum atomic E-state index is 6.33. The first-order valence-corrected chi connectivity index (χ1v) is 20.5. The lowest BCUT2D eigenvalue weighted by Gasteiger charge is -2.29. The molecule has 4 rings (SSSR count). The Hall–Kier alpha value is -3.76. The Balaban J connectivity index is 1.41. The first-order chi connectivity index (χ1) is 23.2. The summed E-state index contributed by atoms with van der Waals surface area (Å²) in [5.74, 6) is 2.62. The van der Waals surface area contributed by atoms with Crippen LogP contribution >= 0.6 is 13.7 Å². The SMILES string of the molecule is CCOc1ccc(/C=N/N(C)[PH](=S)Oc2ccc(/C=N/N(C)P(=S)(Oc3ccc(CCN)cc3)Oc3ccc(CCN)cc3)cc2)cc1. The molecule has 10 nitrogen and oxygen atoms in total. The zero-order chi connectivity index (χ0) is 34.4. The van der Waals surface area contributed by atoms with Gasteiger partial charge in [0.15, 0.2) is 0 Å². The number of benzene rings is 4. The molecular weight excluding hydrogens is 682 g/mol. The van der Waals surface area contributed by atoms with Gasteiger partial charge in [0.25, 0.3) is 0 Å². The summed E-state index contributed by atoms with van der Waals surface area (Å²) in [6, 6.07) is 30.5. The molecule has 0 aliphatic carbocycles. The van der Waals surface area contributed by atoms with Gasteiger partial charge in [0.1, 0.15) is 23.0 Å².